The summed E-state index contributed by atoms with van der Waals surface area (Å²) in [4.78, 5) is 9.42. The lowest BCUT2D eigenvalue weighted by Gasteiger charge is -2.20. The third-order valence-corrected chi connectivity index (χ3v) is 5.82. The van der Waals surface area contributed by atoms with E-state index in [1.807, 2.05) is 12.3 Å². The second-order valence-corrected chi connectivity index (χ2v) is 7.17. The highest BCUT2D eigenvalue weighted by atomic mass is 16.5. The molecule has 3 aromatic rings. The van der Waals surface area contributed by atoms with E-state index >= 15 is 0 Å². The fraction of sp³-hybridized carbons (Fsp3) is 0.474. The van der Waals surface area contributed by atoms with Gasteiger partial charge in [0.1, 0.15) is 23.1 Å². The Morgan fingerprint density at radius 1 is 1.38 bits per heavy atom. The first-order chi connectivity index (χ1) is 12.8. The molecule has 1 fully saturated rings. The zero-order chi connectivity index (χ0) is 17.7. The number of hydrogen-bond donors (Lipinski definition) is 1. The summed E-state index contributed by atoms with van der Waals surface area (Å²) in [6.07, 6.45) is 8.65. The largest absolute Gasteiger partial charge is 0.370 e. The Labute approximate surface area is 151 Å². The average molecular weight is 348 g/mol. The van der Waals surface area contributed by atoms with Crippen LogP contribution < -0.4 is 0 Å². The molecule has 0 spiro atoms. The maximum atomic E-state index is 9.34. The summed E-state index contributed by atoms with van der Waals surface area (Å²) in [6.45, 7) is 0. The smallest absolute Gasteiger partial charge is 0.138 e. The van der Waals surface area contributed by atoms with Crippen molar-refractivity contribution in [2.45, 2.75) is 44.2 Å². The van der Waals surface area contributed by atoms with Gasteiger partial charge in [-0.2, -0.15) is 20.3 Å². The second-order valence-electron chi connectivity index (χ2n) is 7.17. The highest BCUT2D eigenvalue weighted by molar-refractivity contribution is 5.97. The quantitative estimate of drug-likeness (QED) is 0.779. The first kappa shape index (κ1) is 15.5. The van der Waals surface area contributed by atoms with Gasteiger partial charge in [-0.15, -0.1) is 0 Å². The second kappa shape index (κ2) is 5.92. The molecule has 2 aliphatic rings. The van der Waals surface area contributed by atoms with E-state index in [1.165, 1.54) is 12.8 Å². The van der Waals surface area contributed by atoms with Gasteiger partial charge in [0.15, 0.2) is 0 Å². The molecular weight excluding hydrogens is 328 g/mol. The predicted octanol–water partition coefficient (Wildman–Crippen LogP) is 3.52. The molecule has 5 rings (SSSR count). The van der Waals surface area contributed by atoms with Crippen molar-refractivity contribution in [1.29, 1.82) is 5.26 Å². The minimum Gasteiger partial charge on any atom is -0.370 e. The van der Waals surface area contributed by atoms with Gasteiger partial charge in [0, 0.05) is 36.0 Å². The standard InChI is InChI=1S/C19H20N6O/c1-26-18-13-10-22-19-15(13)12(7-9-21-19)16-17(18)24-25(23-16)14(6-8-20)11-4-2-3-5-11/h7,9-11,14,18H,2-6H2,1H3,(H,21,22). The van der Waals surface area contributed by atoms with E-state index in [2.05, 4.69) is 16.0 Å². The lowest BCUT2D eigenvalue weighted by atomic mass is 9.93. The molecule has 1 N–H and O–H groups in total. The van der Waals surface area contributed by atoms with Crippen LogP contribution in [0.1, 0.15) is 55.5 Å². The van der Waals surface area contributed by atoms with E-state index in [0.717, 1.165) is 46.4 Å². The Morgan fingerprint density at radius 2 is 2.23 bits per heavy atom. The Kier molecular flexibility index (Phi) is 3.54. The Balaban J connectivity index is 1.67. The zero-order valence-electron chi connectivity index (χ0n) is 14.6. The minimum atomic E-state index is -0.268. The summed E-state index contributed by atoms with van der Waals surface area (Å²) in [5.41, 5.74) is 4.58. The van der Waals surface area contributed by atoms with Crippen LogP contribution in [0.3, 0.4) is 0 Å². The van der Waals surface area contributed by atoms with Gasteiger partial charge < -0.3 is 9.72 Å². The van der Waals surface area contributed by atoms with Crippen LogP contribution in [-0.2, 0) is 4.74 Å². The first-order valence-corrected chi connectivity index (χ1v) is 9.14. The minimum absolute atomic E-state index is 0.0314. The molecule has 0 amide bonds. The van der Waals surface area contributed by atoms with Crippen molar-refractivity contribution < 1.29 is 4.74 Å². The number of methoxy groups -OCH3 is 1. The number of hydrogen-bond acceptors (Lipinski definition) is 5. The molecule has 0 saturated heterocycles. The summed E-state index contributed by atoms with van der Waals surface area (Å²) in [6, 6.07) is 4.35. The molecular formula is C19H20N6O. The lowest BCUT2D eigenvalue weighted by Crippen LogP contribution is -2.20. The molecule has 132 valence electrons. The van der Waals surface area contributed by atoms with Crippen molar-refractivity contribution in [2.75, 3.05) is 7.11 Å². The Hall–Kier alpha value is -2.72. The number of nitriles is 1. The maximum Gasteiger partial charge on any atom is 0.138 e. The SMILES string of the molecule is COC1c2nn(C(CC#N)C3CCCC3)nc2-c2ccnc3[nH]cc1c23. The van der Waals surface area contributed by atoms with Gasteiger partial charge in [0.2, 0.25) is 0 Å². The van der Waals surface area contributed by atoms with Crippen LogP contribution in [-0.4, -0.2) is 32.1 Å². The van der Waals surface area contributed by atoms with Crippen molar-refractivity contribution in [3.63, 3.8) is 0 Å². The van der Waals surface area contributed by atoms with Gasteiger partial charge in [0.05, 0.1) is 18.5 Å². The summed E-state index contributed by atoms with van der Waals surface area (Å²) < 4.78 is 5.77. The molecule has 2 atom stereocenters. The number of fused-ring (bicyclic) bond motifs is 2. The molecule has 7 nitrogen and oxygen atoms in total. The molecule has 7 heteroatoms. The van der Waals surface area contributed by atoms with Gasteiger partial charge in [-0.25, -0.2) is 4.98 Å². The van der Waals surface area contributed by atoms with E-state index in [1.54, 1.807) is 18.1 Å². The maximum absolute atomic E-state index is 9.34. The highest BCUT2D eigenvalue weighted by Crippen LogP contribution is 2.44. The third kappa shape index (κ3) is 2.12. The van der Waals surface area contributed by atoms with Gasteiger partial charge in [-0.3, -0.25) is 0 Å². The summed E-state index contributed by atoms with van der Waals surface area (Å²) in [7, 11) is 1.69. The van der Waals surface area contributed by atoms with Crippen molar-refractivity contribution in [2.24, 2.45) is 5.92 Å². The molecule has 0 bridgehead atoms. The van der Waals surface area contributed by atoms with Crippen molar-refractivity contribution in [1.82, 2.24) is 25.0 Å². The monoisotopic (exact) mass is 348 g/mol. The van der Waals surface area contributed by atoms with Crippen LogP contribution in [0.4, 0.5) is 0 Å². The van der Waals surface area contributed by atoms with Crippen LogP contribution in [0.2, 0.25) is 0 Å². The molecule has 26 heavy (non-hydrogen) atoms. The number of nitrogens with zero attached hydrogens (tertiary/aromatic N) is 5. The van der Waals surface area contributed by atoms with Gasteiger partial charge in [0.25, 0.3) is 0 Å². The number of rotatable bonds is 4. The number of ether oxygens (including phenoxy) is 1. The third-order valence-electron chi connectivity index (χ3n) is 5.82. The zero-order valence-corrected chi connectivity index (χ0v) is 14.6. The Bertz CT molecular complexity index is 1010. The van der Waals surface area contributed by atoms with Crippen LogP contribution in [0.5, 0.6) is 0 Å². The number of aromatic amines is 1. The molecule has 2 aliphatic carbocycles. The molecule has 2 unspecified atom stereocenters. The van der Waals surface area contributed by atoms with Gasteiger partial charge >= 0.3 is 0 Å². The van der Waals surface area contributed by atoms with Gasteiger partial charge in [-0.05, 0) is 24.8 Å². The summed E-state index contributed by atoms with van der Waals surface area (Å²) in [5.74, 6) is 0.474. The number of nitrogens with one attached hydrogen (secondary N) is 1. The van der Waals surface area contributed by atoms with Crippen LogP contribution in [0.15, 0.2) is 18.5 Å². The molecule has 1 saturated carbocycles. The van der Waals surface area contributed by atoms with Gasteiger partial charge in [-0.1, -0.05) is 12.8 Å². The van der Waals surface area contributed by atoms with Crippen LogP contribution in [0.25, 0.3) is 22.3 Å². The predicted molar refractivity (Wildman–Crippen MR) is 95.2 cm³/mol. The molecule has 3 aromatic heterocycles. The van der Waals surface area contributed by atoms with E-state index in [0.29, 0.717) is 12.3 Å². The average Bonchev–Trinajstić information content (AvgIpc) is 3.40. The van der Waals surface area contributed by atoms with E-state index in [-0.39, 0.29) is 12.1 Å². The normalized spacial score (nSPS) is 20.2. The number of aromatic nitrogens is 5. The fourth-order valence-electron chi connectivity index (χ4n) is 4.59. The van der Waals surface area contributed by atoms with E-state index in [9.17, 15) is 5.26 Å². The molecule has 0 aliphatic heterocycles. The Morgan fingerprint density at radius 3 is 3.00 bits per heavy atom. The van der Waals surface area contributed by atoms with E-state index < -0.39 is 0 Å². The highest BCUT2D eigenvalue weighted by Gasteiger charge is 2.35. The molecule has 0 radical (unpaired) electrons. The number of H-pyrrole nitrogens is 1. The summed E-state index contributed by atoms with van der Waals surface area (Å²) >= 11 is 0. The topological polar surface area (TPSA) is 92.4 Å². The van der Waals surface area contributed by atoms with E-state index in [4.69, 9.17) is 14.9 Å². The molecule has 3 heterocycles. The first-order valence-electron chi connectivity index (χ1n) is 9.14. The van der Waals surface area contributed by atoms with Crippen LogP contribution >= 0.6 is 0 Å². The molecule has 0 aromatic carbocycles. The van der Waals surface area contributed by atoms with Crippen molar-refractivity contribution >= 4 is 11.0 Å². The number of pyridine rings is 1. The van der Waals surface area contributed by atoms with Crippen molar-refractivity contribution in [3.8, 4) is 17.3 Å². The van der Waals surface area contributed by atoms with Crippen molar-refractivity contribution in [3.05, 3.63) is 29.7 Å². The van der Waals surface area contributed by atoms with Crippen LogP contribution in [0, 0.1) is 17.2 Å². The summed E-state index contributed by atoms with van der Waals surface area (Å²) in [5, 5.41) is 20.1. The lowest BCUT2D eigenvalue weighted by molar-refractivity contribution is 0.132. The fourth-order valence-corrected chi connectivity index (χ4v) is 4.59.